The van der Waals surface area contributed by atoms with Crippen LogP contribution in [0, 0.1) is 11.6 Å². The topological polar surface area (TPSA) is 52.0 Å². The summed E-state index contributed by atoms with van der Waals surface area (Å²) in [7, 11) is 0. The monoisotopic (exact) mass is 408 g/mol. The van der Waals surface area contributed by atoms with Crippen LogP contribution in [0.5, 0.6) is 0 Å². The second-order valence-electron chi connectivity index (χ2n) is 5.85. The van der Waals surface area contributed by atoms with Crippen molar-refractivity contribution < 1.29 is 13.6 Å². The quantitative estimate of drug-likeness (QED) is 0.336. The van der Waals surface area contributed by atoms with E-state index in [-0.39, 0.29) is 16.9 Å². The number of hydrogen-bond acceptors (Lipinski definition) is 4. The van der Waals surface area contributed by atoms with Crippen LogP contribution in [0.4, 0.5) is 8.78 Å². The Morgan fingerprint density at radius 2 is 2.00 bits per heavy atom. The molecule has 0 aliphatic carbocycles. The Morgan fingerprint density at radius 3 is 2.74 bits per heavy atom. The van der Waals surface area contributed by atoms with Crippen molar-refractivity contribution in [2.75, 3.05) is 5.75 Å². The Morgan fingerprint density at radius 1 is 1.22 bits per heavy atom. The van der Waals surface area contributed by atoms with Gasteiger partial charge in [-0.05, 0) is 42.8 Å². The molecule has 0 aliphatic rings. The second kappa shape index (κ2) is 8.19. The molecule has 0 N–H and O–H groups in total. The van der Waals surface area contributed by atoms with E-state index in [4.69, 9.17) is 11.6 Å². The molecule has 8 heteroatoms. The van der Waals surface area contributed by atoms with Gasteiger partial charge in [0.15, 0.2) is 10.9 Å². The van der Waals surface area contributed by atoms with Crippen molar-refractivity contribution in [3.63, 3.8) is 0 Å². The molecule has 4 nitrogen and oxygen atoms in total. The number of carbonyl (C=O) groups excluding carboxylic acids is 1. The predicted molar refractivity (Wildman–Crippen MR) is 103 cm³/mol. The van der Waals surface area contributed by atoms with Crippen LogP contribution in [0.2, 0.25) is 5.02 Å². The highest BCUT2D eigenvalue weighted by molar-refractivity contribution is 7.99. The zero-order chi connectivity index (χ0) is 19.6. The summed E-state index contributed by atoms with van der Waals surface area (Å²) in [5.74, 6) is -2.24. The third-order valence-corrected chi connectivity index (χ3v) is 5.10. The second-order valence-corrected chi connectivity index (χ2v) is 7.23. The Labute approximate surface area is 163 Å². The maximum atomic E-state index is 13.8. The van der Waals surface area contributed by atoms with Crippen LogP contribution in [-0.4, -0.2) is 21.1 Å². The number of nitrogens with zero attached hydrogens (tertiary/aromatic N) is 2. The number of Topliss-reactive ketones (excluding diaryl/α,β-unsaturated/α-hetero) is 1. The lowest BCUT2D eigenvalue weighted by Gasteiger charge is -2.12. The van der Waals surface area contributed by atoms with E-state index >= 15 is 0 Å². The van der Waals surface area contributed by atoms with Gasteiger partial charge in [0, 0.05) is 11.6 Å². The minimum Gasteiger partial charge on any atom is -0.293 e. The van der Waals surface area contributed by atoms with Crippen LogP contribution in [0.1, 0.15) is 23.7 Å². The van der Waals surface area contributed by atoms with Crippen LogP contribution in [-0.2, 0) is 6.54 Å². The van der Waals surface area contributed by atoms with Gasteiger partial charge in [-0.15, -0.1) is 0 Å². The van der Waals surface area contributed by atoms with Crippen LogP contribution >= 0.6 is 23.4 Å². The number of halogens is 3. The van der Waals surface area contributed by atoms with E-state index in [1.54, 1.807) is 18.2 Å². The molecule has 140 valence electrons. The molecule has 0 unspecified atom stereocenters. The van der Waals surface area contributed by atoms with Crippen molar-refractivity contribution in [2.45, 2.75) is 25.0 Å². The summed E-state index contributed by atoms with van der Waals surface area (Å²) in [4.78, 5) is 29.5. The van der Waals surface area contributed by atoms with Gasteiger partial charge in [0.25, 0.3) is 5.56 Å². The van der Waals surface area contributed by atoms with E-state index in [9.17, 15) is 18.4 Å². The third-order valence-electron chi connectivity index (χ3n) is 3.89. The summed E-state index contributed by atoms with van der Waals surface area (Å²) >= 11 is 6.99. The summed E-state index contributed by atoms with van der Waals surface area (Å²) in [6.45, 7) is 2.34. The van der Waals surface area contributed by atoms with Gasteiger partial charge in [-0.1, -0.05) is 30.3 Å². The van der Waals surface area contributed by atoms with Gasteiger partial charge in [-0.3, -0.25) is 14.2 Å². The number of rotatable bonds is 6. The van der Waals surface area contributed by atoms with Crippen LogP contribution in [0.25, 0.3) is 10.9 Å². The zero-order valence-electron chi connectivity index (χ0n) is 14.3. The minimum absolute atomic E-state index is 0.178. The first-order valence-corrected chi connectivity index (χ1v) is 9.58. The number of fused-ring (bicyclic) bond motifs is 1. The van der Waals surface area contributed by atoms with Crippen molar-refractivity contribution in [3.05, 3.63) is 69.0 Å². The summed E-state index contributed by atoms with van der Waals surface area (Å²) in [6, 6.07) is 7.54. The first kappa shape index (κ1) is 19.5. The molecule has 0 amide bonds. The average molecular weight is 409 g/mol. The Balaban J connectivity index is 1.95. The van der Waals surface area contributed by atoms with Crippen LogP contribution < -0.4 is 5.56 Å². The number of carbonyl (C=O) groups is 1. The fraction of sp³-hybridized carbons (Fsp3) is 0.211. The van der Waals surface area contributed by atoms with E-state index in [1.165, 1.54) is 4.57 Å². The van der Waals surface area contributed by atoms with Crippen molar-refractivity contribution in [2.24, 2.45) is 0 Å². The third kappa shape index (κ3) is 4.20. The van der Waals surface area contributed by atoms with Crippen molar-refractivity contribution in [3.8, 4) is 0 Å². The van der Waals surface area contributed by atoms with Crippen LogP contribution in [0.3, 0.4) is 0 Å². The van der Waals surface area contributed by atoms with Gasteiger partial charge in [0.05, 0.1) is 22.2 Å². The molecule has 0 fully saturated rings. The number of ketones is 1. The normalized spacial score (nSPS) is 11.1. The molecule has 0 atom stereocenters. The maximum absolute atomic E-state index is 13.8. The number of hydrogen-bond donors (Lipinski definition) is 0. The average Bonchev–Trinajstić information content (AvgIpc) is 2.64. The summed E-state index contributed by atoms with van der Waals surface area (Å²) in [5, 5.41) is 1.21. The minimum atomic E-state index is -0.786. The highest BCUT2D eigenvalue weighted by Crippen LogP contribution is 2.22. The summed E-state index contributed by atoms with van der Waals surface area (Å²) in [5.41, 5.74) is -0.132. The van der Waals surface area contributed by atoms with Gasteiger partial charge in [-0.25, -0.2) is 13.8 Å². The van der Waals surface area contributed by atoms with Crippen molar-refractivity contribution in [1.82, 2.24) is 9.55 Å². The van der Waals surface area contributed by atoms with Crippen LogP contribution in [0.15, 0.2) is 46.3 Å². The first-order valence-electron chi connectivity index (χ1n) is 8.22. The van der Waals surface area contributed by atoms with E-state index in [0.29, 0.717) is 34.0 Å². The van der Waals surface area contributed by atoms with E-state index in [0.717, 1.165) is 30.0 Å². The van der Waals surface area contributed by atoms with Crippen molar-refractivity contribution in [1.29, 1.82) is 0 Å². The molecule has 2 aromatic carbocycles. The standard InChI is InChI=1S/C19H15ClF2N2O2S/c1-2-7-24-18(26)13-5-3-11(20)8-16(13)23-19(24)27-10-17(25)14-9-12(21)4-6-15(14)22/h3-6,8-9H,2,7,10H2,1H3. The summed E-state index contributed by atoms with van der Waals surface area (Å²) < 4.78 is 28.6. The molecule has 3 rings (SSSR count). The van der Waals surface area contributed by atoms with Gasteiger partial charge in [0.1, 0.15) is 11.6 Å². The SMILES string of the molecule is CCCn1c(SCC(=O)c2cc(F)ccc2F)nc2cc(Cl)ccc2c1=O. The van der Waals surface area contributed by atoms with E-state index < -0.39 is 17.4 Å². The lowest BCUT2D eigenvalue weighted by molar-refractivity contribution is 0.101. The van der Waals surface area contributed by atoms with Gasteiger partial charge in [0.2, 0.25) is 0 Å². The predicted octanol–water partition coefficient (Wildman–Crippen LogP) is 4.71. The molecule has 0 spiro atoms. The van der Waals surface area contributed by atoms with E-state index in [2.05, 4.69) is 4.98 Å². The Kier molecular flexibility index (Phi) is 5.92. The highest BCUT2D eigenvalue weighted by atomic mass is 35.5. The number of thioether (sulfide) groups is 1. The Hall–Kier alpha value is -2.25. The Bertz CT molecular complexity index is 1090. The lowest BCUT2D eigenvalue weighted by Crippen LogP contribution is -2.23. The fourth-order valence-corrected chi connectivity index (χ4v) is 3.70. The molecule has 3 aromatic rings. The molecular formula is C19H15ClF2N2O2S. The maximum Gasteiger partial charge on any atom is 0.262 e. The molecule has 0 saturated carbocycles. The summed E-state index contributed by atoms with van der Waals surface area (Å²) in [6.07, 6.45) is 0.695. The zero-order valence-corrected chi connectivity index (χ0v) is 15.9. The number of aromatic nitrogens is 2. The van der Waals surface area contributed by atoms with Crippen molar-refractivity contribution >= 4 is 40.0 Å². The first-order chi connectivity index (χ1) is 12.9. The van der Waals surface area contributed by atoms with Gasteiger partial charge < -0.3 is 0 Å². The van der Waals surface area contributed by atoms with Gasteiger partial charge >= 0.3 is 0 Å². The lowest BCUT2D eigenvalue weighted by atomic mass is 10.1. The molecule has 0 aliphatic heterocycles. The highest BCUT2D eigenvalue weighted by Gasteiger charge is 2.17. The number of benzene rings is 2. The molecule has 1 heterocycles. The molecule has 0 bridgehead atoms. The largest absolute Gasteiger partial charge is 0.293 e. The molecule has 1 aromatic heterocycles. The molecule has 0 saturated heterocycles. The molecule has 27 heavy (non-hydrogen) atoms. The van der Waals surface area contributed by atoms with E-state index in [1.807, 2.05) is 6.92 Å². The fourth-order valence-electron chi connectivity index (χ4n) is 2.62. The molecular weight excluding hydrogens is 394 g/mol. The molecule has 0 radical (unpaired) electrons. The smallest absolute Gasteiger partial charge is 0.262 e. The van der Waals surface area contributed by atoms with Gasteiger partial charge in [-0.2, -0.15) is 0 Å².